The summed E-state index contributed by atoms with van der Waals surface area (Å²) < 4.78 is 32.7. The van der Waals surface area contributed by atoms with Crippen molar-refractivity contribution < 1.29 is 13.2 Å². The van der Waals surface area contributed by atoms with Gasteiger partial charge in [-0.05, 0) is 37.0 Å². The molecule has 1 saturated carbocycles. The van der Waals surface area contributed by atoms with Gasteiger partial charge in [-0.1, -0.05) is 19.8 Å². The Labute approximate surface area is 126 Å². The topological polar surface area (TPSA) is 81.4 Å². The number of hydrogen-bond acceptors (Lipinski definition) is 4. The first kappa shape index (κ1) is 16.3. The molecule has 0 bridgehead atoms. The summed E-state index contributed by atoms with van der Waals surface area (Å²) in [5.74, 6) is 1.37. The minimum absolute atomic E-state index is 0.252. The highest BCUT2D eigenvalue weighted by Gasteiger charge is 2.22. The van der Waals surface area contributed by atoms with Crippen LogP contribution in [0, 0.1) is 5.92 Å². The van der Waals surface area contributed by atoms with Crippen molar-refractivity contribution in [3.8, 4) is 5.75 Å². The van der Waals surface area contributed by atoms with Gasteiger partial charge < -0.3 is 10.5 Å². The normalized spacial score (nSPS) is 15.1. The van der Waals surface area contributed by atoms with Gasteiger partial charge in [-0.15, -0.1) is 0 Å². The molecule has 0 aliphatic heterocycles. The molecule has 0 radical (unpaired) electrons. The molecule has 1 aromatic carbocycles. The highest BCUT2D eigenvalue weighted by molar-refractivity contribution is 7.89. The smallest absolute Gasteiger partial charge is 0.240 e. The molecule has 0 aromatic heterocycles. The molecule has 0 unspecified atom stereocenters. The van der Waals surface area contributed by atoms with Crippen molar-refractivity contribution in [3.63, 3.8) is 0 Å². The molecule has 0 heterocycles. The second kappa shape index (κ2) is 7.24. The third-order valence-corrected chi connectivity index (χ3v) is 5.02. The molecular formula is C15H24N2O3S. The van der Waals surface area contributed by atoms with Crippen molar-refractivity contribution in [1.29, 1.82) is 0 Å². The van der Waals surface area contributed by atoms with Gasteiger partial charge in [0.15, 0.2) is 0 Å². The van der Waals surface area contributed by atoms with Crippen LogP contribution in [0.3, 0.4) is 0 Å². The molecular weight excluding hydrogens is 288 g/mol. The summed E-state index contributed by atoms with van der Waals surface area (Å²) in [6.07, 6.45) is 4.26. The lowest BCUT2D eigenvalue weighted by atomic mass is 10.2. The molecule has 21 heavy (non-hydrogen) atoms. The molecule has 1 aliphatic rings. The molecule has 1 aliphatic carbocycles. The van der Waals surface area contributed by atoms with Crippen LogP contribution < -0.4 is 15.2 Å². The van der Waals surface area contributed by atoms with Crippen LogP contribution in [0.2, 0.25) is 0 Å². The van der Waals surface area contributed by atoms with Gasteiger partial charge in [0.25, 0.3) is 0 Å². The molecule has 0 atom stereocenters. The molecule has 5 nitrogen and oxygen atoms in total. The van der Waals surface area contributed by atoms with E-state index in [2.05, 4.69) is 4.72 Å². The van der Waals surface area contributed by atoms with Gasteiger partial charge in [0.05, 0.1) is 11.5 Å². The number of hydrogen-bond donors (Lipinski definition) is 2. The molecule has 2 rings (SSSR count). The standard InChI is InChI=1S/C15H24N2O3S/c1-2-9-20-15-6-5-14(10-13(15)11-16)21(18,19)17-8-7-12-3-4-12/h5-6,10,12,17H,2-4,7-9,11,16H2,1H3. The van der Waals surface area contributed by atoms with E-state index >= 15 is 0 Å². The Morgan fingerprint density at radius 1 is 1.38 bits per heavy atom. The second-order valence-corrected chi connectivity index (χ2v) is 7.22. The van der Waals surface area contributed by atoms with Crippen LogP contribution >= 0.6 is 0 Å². The maximum Gasteiger partial charge on any atom is 0.240 e. The van der Waals surface area contributed by atoms with Gasteiger partial charge in [-0.3, -0.25) is 0 Å². The average molecular weight is 312 g/mol. The minimum atomic E-state index is -3.46. The van der Waals surface area contributed by atoms with Crippen LogP contribution in [0.1, 0.15) is 38.2 Å². The van der Waals surface area contributed by atoms with Crippen molar-refractivity contribution in [2.45, 2.75) is 44.0 Å². The van der Waals surface area contributed by atoms with E-state index in [9.17, 15) is 8.42 Å². The predicted octanol–water partition coefficient (Wildman–Crippen LogP) is 2.01. The molecule has 0 saturated heterocycles. The SMILES string of the molecule is CCCOc1ccc(S(=O)(=O)NCCC2CC2)cc1CN. The molecule has 0 amide bonds. The summed E-state index contributed by atoms with van der Waals surface area (Å²) in [5, 5.41) is 0. The molecule has 1 aromatic rings. The third kappa shape index (κ3) is 4.69. The Morgan fingerprint density at radius 2 is 2.14 bits per heavy atom. The van der Waals surface area contributed by atoms with Gasteiger partial charge in [0, 0.05) is 18.7 Å². The lowest BCUT2D eigenvalue weighted by molar-refractivity contribution is 0.314. The maximum absolute atomic E-state index is 12.2. The van der Waals surface area contributed by atoms with E-state index in [-0.39, 0.29) is 11.4 Å². The highest BCUT2D eigenvalue weighted by atomic mass is 32.2. The molecule has 0 spiro atoms. The largest absolute Gasteiger partial charge is 0.493 e. The zero-order valence-electron chi connectivity index (χ0n) is 12.5. The van der Waals surface area contributed by atoms with Gasteiger partial charge in [-0.2, -0.15) is 0 Å². The van der Waals surface area contributed by atoms with E-state index in [0.29, 0.717) is 30.4 Å². The highest BCUT2D eigenvalue weighted by Crippen LogP contribution is 2.32. The van der Waals surface area contributed by atoms with Crippen LogP contribution in [0.25, 0.3) is 0 Å². The third-order valence-electron chi connectivity index (χ3n) is 3.57. The quantitative estimate of drug-likeness (QED) is 0.731. The number of nitrogens with two attached hydrogens (primary N) is 1. The predicted molar refractivity (Wildman–Crippen MR) is 82.6 cm³/mol. The molecule has 6 heteroatoms. The Bertz CT molecular complexity index is 568. The van der Waals surface area contributed by atoms with E-state index in [1.165, 1.54) is 12.8 Å². The van der Waals surface area contributed by atoms with Crippen LogP contribution in [-0.4, -0.2) is 21.6 Å². The van der Waals surface area contributed by atoms with Crippen molar-refractivity contribution in [3.05, 3.63) is 23.8 Å². The number of rotatable bonds is 9. The van der Waals surface area contributed by atoms with Crippen LogP contribution in [0.15, 0.2) is 23.1 Å². The van der Waals surface area contributed by atoms with E-state index in [1.807, 2.05) is 6.92 Å². The van der Waals surface area contributed by atoms with E-state index in [1.54, 1.807) is 18.2 Å². The Hall–Kier alpha value is -1.11. The fourth-order valence-corrected chi connectivity index (χ4v) is 3.22. The first-order valence-electron chi connectivity index (χ1n) is 7.52. The van der Waals surface area contributed by atoms with Crippen molar-refractivity contribution in [2.24, 2.45) is 11.7 Å². The molecule has 1 fully saturated rings. The number of nitrogens with one attached hydrogen (secondary N) is 1. The van der Waals surface area contributed by atoms with E-state index in [4.69, 9.17) is 10.5 Å². The van der Waals surface area contributed by atoms with E-state index in [0.717, 1.165) is 12.8 Å². The van der Waals surface area contributed by atoms with Gasteiger partial charge in [0.2, 0.25) is 10.0 Å². The summed E-state index contributed by atoms with van der Waals surface area (Å²) in [7, 11) is -3.46. The van der Waals surface area contributed by atoms with Crippen LogP contribution in [0.5, 0.6) is 5.75 Å². The number of ether oxygens (including phenoxy) is 1. The summed E-state index contributed by atoms with van der Waals surface area (Å²) in [6, 6.07) is 4.86. The zero-order valence-corrected chi connectivity index (χ0v) is 13.3. The van der Waals surface area contributed by atoms with Gasteiger partial charge >= 0.3 is 0 Å². The molecule has 118 valence electrons. The average Bonchev–Trinajstić information content (AvgIpc) is 3.28. The second-order valence-electron chi connectivity index (χ2n) is 5.45. The first-order valence-corrected chi connectivity index (χ1v) is 9.00. The Balaban J connectivity index is 2.06. The fourth-order valence-electron chi connectivity index (χ4n) is 2.12. The first-order chi connectivity index (χ1) is 10.1. The number of sulfonamides is 1. The Morgan fingerprint density at radius 3 is 2.76 bits per heavy atom. The summed E-state index contributed by atoms with van der Waals surface area (Å²) in [6.45, 7) is 3.37. The maximum atomic E-state index is 12.2. The van der Waals surface area contributed by atoms with Gasteiger partial charge in [0.1, 0.15) is 5.75 Å². The number of benzene rings is 1. The summed E-state index contributed by atoms with van der Waals surface area (Å²) in [4.78, 5) is 0.252. The van der Waals surface area contributed by atoms with Gasteiger partial charge in [-0.25, -0.2) is 13.1 Å². The summed E-state index contributed by atoms with van der Waals surface area (Å²) >= 11 is 0. The van der Waals surface area contributed by atoms with Crippen molar-refractivity contribution >= 4 is 10.0 Å². The molecule has 3 N–H and O–H groups in total. The Kier molecular flexibility index (Phi) is 5.61. The zero-order chi connectivity index (χ0) is 15.3. The minimum Gasteiger partial charge on any atom is -0.493 e. The van der Waals surface area contributed by atoms with E-state index < -0.39 is 10.0 Å². The lowest BCUT2D eigenvalue weighted by Gasteiger charge is -2.12. The van der Waals surface area contributed by atoms with Crippen LogP contribution in [0.4, 0.5) is 0 Å². The van der Waals surface area contributed by atoms with Crippen molar-refractivity contribution in [1.82, 2.24) is 4.72 Å². The fraction of sp³-hybridized carbons (Fsp3) is 0.600. The van der Waals surface area contributed by atoms with Crippen LogP contribution in [-0.2, 0) is 16.6 Å². The van der Waals surface area contributed by atoms with Crippen molar-refractivity contribution in [2.75, 3.05) is 13.2 Å². The summed E-state index contributed by atoms with van der Waals surface area (Å²) in [5.41, 5.74) is 6.40. The lowest BCUT2D eigenvalue weighted by Crippen LogP contribution is -2.25. The monoisotopic (exact) mass is 312 g/mol.